The lowest BCUT2D eigenvalue weighted by Gasteiger charge is -2.32. The lowest BCUT2D eigenvalue weighted by molar-refractivity contribution is -0.123. The van der Waals surface area contributed by atoms with E-state index < -0.39 is 0 Å². The zero-order valence-corrected chi connectivity index (χ0v) is 57.6. The number of amides is 6. The third-order valence-corrected chi connectivity index (χ3v) is 14.3. The van der Waals surface area contributed by atoms with Gasteiger partial charge < -0.3 is 108 Å². The molecular weight excluding hydrogens is 1120 g/mol. The molecule has 28 heteroatoms. The Labute approximate surface area is 533 Å². The molecule has 28 nitrogen and oxygen atoms in total. The molecule has 0 unspecified atom stereocenters. The number of hydrogen-bond donors (Lipinski definition) is 12. The third kappa shape index (κ3) is 59.8. The van der Waals surface area contributed by atoms with E-state index in [1.165, 1.54) is 0 Å². The second-order valence-electron chi connectivity index (χ2n) is 24.3. The largest absolute Gasteiger partial charge is 0.355 e. The molecule has 0 radical (unpaired) electrons. The van der Waals surface area contributed by atoms with Crippen LogP contribution in [-0.2, 0) is 28.8 Å². The predicted octanol–water partition coefficient (Wildman–Crippen LogP) is -5.86. The highest BCUT2D eigenvalue weighted by atomic mass is 16.2. The first-order valence-electron chi connectivity index (χ1n) is 32.8. The Hall–Kier alpha value is -3.82. The maximum atomic E-state index is 13.3. The lowest BCUT2D eigenvalue weighted by Crippen LogP contribution is -2.46. The van der Waals surface area contributed by atoms with Gasteiger partial charge in [-0.1, -0.05) is 0 Å². The first-order valence-corrected chi connectivity index (χ1v) is 32.8. The van der Waals surface area contributed by atoms with Crippen LogP contribution < -0.4 is 63.8 Å². The number of rotatable bonds is 63. The van der Waals surface area contributed by atoms with E-state index in [9.17, 15) is 28.8 Å². The molecule has 0 aliphatic heterocycles. The van der Waals surface area contributed by atoms with Gasteiger partial charge in [0.05, 0.1) is 0 Å². The van der Waals surface area contributed by atoms with Crippen LogP contribution in [0.1, 0.15) is 38.5 Å². The van der Waals surface area contributed by atoms with Crippen molar-refractivity contribution in [2.75, 3.05) is 320 Å². The average Bonchev–Trinajstić information content (AvgIpc) is 3.69. The van der Waals surface area contributed by atoms with Crippen molar-refractivity contribution in [1.29, 1.82) is 0 Å². The smallest absolute Gasteiger partial charge is 0.221 e. The van der Waals surface area contributed by atoms with Crippen molar-refractivity contribution in [3.8, 4) is 0 Å². The normalized spacial score (nSPS) is 11.9. The first-order chi connectivity index (χ1) is 42.1. The number of carbonyl (C=O) groups excluding carboxylic acids is 6. The Morgan fingerprint density at radius 3 is 0.455 bits per heavy atom. The van der Waals surface area contributed by atoms with Crippen LogP contribution in [0.5, 0.6) is 0 Å². The number of carbonyl (C=O) groups is 6. The van der Waals surface area contributed by atoms with Gasteiger partial charge in [0.1, 0.15) is 0 Å². The van der Waals surface area contributed by atoms with Crippen molar-refractivity contribution in [2.45, 2.75) is 38.5 Å². The van der Waals surface area contributed by atoms with Crippen LogP contribution in [0.25, 0.3) is 0 Å². The molecule has 0 aliphatic carbocycles. The number of likely N-dealkylation sites (N-methyl/N-ethyl adjacent to an activating group) is 6. The summed E-state index contributed by atoms with van der Waals surface area (Å²) in [5, 5.41) is 38.6. The molecule has 0 aromatic heterocycles. The second kappa shape index (κ2) is 58.3. The van der Waals surface area contributed by atoms with E-state index in [1.54, 1.807) is 0 Å². The maximum absolute atomic E-state index is 13.3. The second-order valence-corrected chi connectivity index (χ2v) is 24.3. The van der Waals surface area contributed by atoms with E-state index in [4.69, 9.17) is 0 Å². The zero-order valence-electron chi connectivity index (χ0n) is 57.6. The molecule has 0 spiro atoms. The van der Waals surface area contributed by atoms with Crippen molar-refractivity contribution in [2.24, 2.45) is 0 Å². The van der Waals surface area contributed by atoms with E-state index in [0.717, 1.165) is 78.5 Å². The summed E-state index contributed by atoms with van der Waals surface area (Å²) in [4.78, 5) is 101. The topological polar surface area (TPSA) is 279 Å². The van der Waals surface area contributed by atoms with E-state index in [1.807, 2.05) is 84.6 Å². The highest BCUT2D eigenvalue weighted by molar-refractivity contribution is 5.78. The molecule has 88 heavy (non-hydrogen) atoms. The molecule has 518 valence electrons. The van der Waals surface area contributed by atoms with Crippen molar-refractivity contribution in [3.05, 3.63) is 0 Å². The molecule has 0 aromatic rings. The SMILES string of the molecule is CN(C)CCNCCNC(=O)CCN(CCC(=O)NCCNCCN(C)C)CCN(CCN(CCC(=O)NCCNCCN(C)C)CCC(=O)NCCNCCN(C)C)CCN(CCC(=O)NCCNCCN(C)C)CCC(=O)NCCNCCN(C)C. The van der Waals surface area contributed by atoms with Gasteiger partial charge in [-0.2, -0.15) is 0 Å². The molecule has 0 heterocycles. The first kappa shape index (κ1) is 84.2. The Kier molecular flexibility index (Phi) is 55.7. The van der Waals surface area contributed by atoms with Crippen LogP contribution in [0.15, 0.2) is 0 Å². The summed E-state index contributed by atoms with van der Waals surface area (Å²) in [6, 6.07) is 0. The molecular formula is C60H132N22O6. The lowest BCUT2D eigenvalue weighted by atomic mass is 10.2. The molecule has 0 saturated carbocycles. The van der Waals surface area contributed by atoms with Crippen LogP contribution in [0, 0.1) is 0 Å². The van der Waals surface area contributed by atoms with Crippen LogP contribution in [0.2, 0.25) is 0 Å². The fraction of sp³-hybridized carbons (Fsp3) is 0.900. The minimum absolute atomic E-state index is 0.0562. The molecule has 0 saturated heterocycles. The zero-order chi connectivity index (χ0) is 65.4. The van der Waals surface area contributed by atoms with Crippen LogP contribution >= 0.6 is 0 Å². The molecule has 0 atom stereocenters. The van der Waals surface area contributed by atoms with E-state index in [2.05, 4.69) is 113 Å². The summed E-state index contributed by atoms with van der Waals surface area (Å²) >= 11 is 0. The number of nitrogens with one attached hydrogen (secondary N) is 12. The fourth-order valence-corrected chi connectivity index (χ4v) is 8.59. The Morgan fingerprint density at radius 1 is 0.182 bits per heavy atom. The molecule has 0 fully saturated rings. The van der Waals surface area contributed by atoms with E-state index >= 15 is 0 Å². The van der Waals surface area contributed by atoms with Crippen molar-refractivity contribution < 1.29 is 28.8 Å². The van der Waals surface area contributed by atoms with Gasteiger partial charge in [0.15, 0.2) is 0 Å². The highest BCUT2D eigenvalue weighted by Crippen LogP contribution is 2.04. The Balaban J connectivity index is 6.75. The van der Waals surface area contributed by atoms with Gasteiger partial charge in [-0.3, -0.25) is 33.7 Å². The minimum atomic E-state index is -0.0562. The standard InChI is InChI=1S/C60H132N22O6/c1-73(2)43-31-61-19-25-67-55(83)13-37-79(38-14-56(84)68-26-20-62-32-44-74(3)4)49-52-82(53-50-80(39-15-57(85)69-27-21-63-33-45-75(5)6)40-16-58(86)70-28-22-64-34-46-76(7)8)54-51-81(41-17-59(87)71-29-23-65-35-47-77(9)10)42-18-60(88)72-30-24-66-36-48-78(11)12/h61-66H,13-54H2,1-12H3,(H,67,83)(H,68,84)(H,69,85)(H,70,86)(H,71,87)(H,72,88). The van der Waals surface area contributed by atoms with Crippen molar-refractivity contribution in [3.63, 3.8) is 0 Å². The summed E-state index contributed by atoms with van der Waals surface area (Å²) in [5.74, 6) is -0.337. The highest BCUT2D eigenvalue weighted by Gasteiger charge is 2.19. The summed E-state index contributed by atoms with van der Waals surface area (Å²) in [5.41, 5.74) is 0. The quantitative estimate of drug-likeness (QED) is 0.0253. The van der Waals surface area contributed by atoms with Gasteiger partial charge in [-0.15, -0.1) is 0 Å². The van der Waals surface area contributed by atoms with Gasteiger partial charge in [0, 0.05) is 274 Å². The number of hydrogen-bond acceptors (Lipinski definition) is 22. The van der Waals surface area contributed by atoms with Gasteiger partial charge >= 0.3 is 0 Å². The monoisotopic (exact) mass is 1260 g/mol. The molecule has 0 aromatic carbocycles. The Bertz CT molecular complexity index is 1420. The Morgan fingerprint density at radius 2 is 0.318 bits per heavy atom. The van der Waals surface area contributed by atoms with Crippen LogP contribution in [-0.4, -0.2) is 405 Å². The molecule has 12 N–H and O–H groups in total. The molecule has 0 aliphatic rings. The van der Waals surface area contributed by atoms with Crippen molar-refractivity contribution >= 4 is 35.4 Å². The van der Waals surface area contributed by atoms with E-state index in [0.29, 0.717) is 157 Å². The summed E-state index contributed by atoms with van der Waals surface area (Å²) in [6.45, 7) is 23.5. The molecule has 6 amide bonds. The van der Waals surface area contributed by atoms with Crippen LogP contribution in [0.4, 0.5) is 0 Å². The molecule has 0 bridgehead atoms. The molecule has 0 rings (SSSR count). The van der Waals surface area contributed by atoms with Gasteiger partial charge in [-0.25, -0.2) is 0 Å². The minimum Gasteiger partial charge on any atom is -0.355 e. The maximum Gasteiger partial charge on any atom is 0.221 e. The summed E-state index contributed by atoms with van der Waals surface area (Å²) in [6.07, 6.45) is 1.59. The average molecular weight is 1260 g/mol. The number of nitrogens with zero attached hydrogens (tertiary/aromatic N) is 10. The predicted molar refractivity (Wildman–Crippen MR) is 360 cm³/mol. The van der Waals surface area contributed by atoms with E-state index in [-0.39, 0.29) is 74.0 Å². The van der Waals surface area contributed by atoms with Crippen LogP contribution in [0.3, 0.4) is 0 Å². The third-order valence-electron chi connectivity index (χ3n) is 14.3. The van der Waals surface area contributed by atoms with Gasteiger partial charge in [0.25, 0.3) is 0 Å². The fourth-order valence-electron chi connectivity index (χ4n) is 8.59. The van der Waals surface area contributed by atoms with Gasteiger partial charge in [-0.05, 0) is 84.6 Å². The van der Waals surface area contributed by atoms with Crippen molar-refractivity contribution in [1.82, 2.24) is 113 Å². The summed E-state index contributed by atoms with van der Waals surface area (Å²) < 4.78 is 0. The van der Waals surface area contributed by atoms with Gasteiger partial charge in [0.2, 0.25) is 35.4 Å². The summed E-state index contributed by atoms with van der Waals surface area (Å²) in [7, 11) is 24.3.